The van der Waals surface area contributed by atoms with Crippen molar-refractivity contribution in [2.45, 2.75) is 111 Å². The Kier molecular flexibility index (Phi) is 8.99. The van der Waals surface area contributed by atoms with E-state index in [9.17, 15) is 13.2 Å². The molecule has 0 aromatic heterocycles. The first-order valence-electron chi connectivity index (χ1n) is 15.0. The lowest BCUT2D eigenvalue weighted by Crippen LogP contribution is -2.52. The van der Waals surface area contributed by atoms with Crippen molar-refractivity contribution in [3.8, 4) is 0 Å². The highest BCUT2D eigenvalue weighted by Crippen LogP contribution is 2.65. The molecule has 0 spiro atoms. The summed E-state index contributed by atoms with van der Waals surface area (Å²) in [5, 5.41) is 0. The van der Waals surface area contributed by atoms with Gasteiger partial charge in [0, 0.05) is 11.8 Å². The van der Waals surface area contributed by atoms with E-state index in [-0.39, 0.29) is 16.9 Å². The van der Waals surface area contributed by atoms with Gasteiger partial charge in [-0.05, 0) is 126 Å². The second kappa shape index (κ2) is 11.6. The molecule has 38 heavy (non-hydrogen) atoms. The van der Waals surface area contributed by atoms with Gasteiger partial charge in [0.2, 0.25) is 0 Å². The van der Waals surface area contributed by atoms with Crippen molar-refractivity contribution in [1.82, 2.24) is 0 Å². The fourth-order valence-electron chi connectivity index (χ4n) is 8.79. The summed E-state index contributed by atoms with van der Waals surface area (Å²) in [7, 11) is -3.77. The average Bonchev–Trinajstić information content (AvgIpc) is 3.21. The summed E-state index contributed by atoms with van der Waals surface area (Å²) < 4.78 is 30.6. The van der Waals surface area contributed by atoms with Crippen LogP contribution in [0.4, 0.5) is 0 Å². The van der Waals surface area contributed by atoms with E-state index < -0.39 is 10.1 Å². The Labute approximate surface area is 232 Å². The maximum atomic E-state index is 13.4. The van der Waals surface area contributed by atoms with E-state index >= 15 is 0 Å². The van der Waals surface area contributed by atoms with E-state index in [4.69, 9.17) is 4.18 Å². The van der Waals surface area contributed by atoms with Gasteiger partial charge < -0.3 is 0 Å². The van der Waals surface area contributed by atoms with Crippen molar-refractivity contribution in [2.24, 2.45) is 40.4 Å². The van der Waals surface area contributed by atoms with E-state index in [2.05, 4.69) is 40.7 Å². The summed E-state index contributed by atoms with van der Waals surface area (Å²) in [6.07, 6.45) is 12.8. The fourth-order valence-corrected chi connectivity index (χ4v) is 9.73. The van der Waals surface area contributed by atoms with Crippen molar-refractivity contribution in [3.63, 3.8) is 0 Å². The number of ketones is 1. The summed E-state index contributed by atoms with van der Waals surface area (Å²) in [4.78, 5) is 13.6. The van der Waals surface area contributed by atoms with Gasteiger partial charge in [0.05, 0.1) is 11.5 Å². The molecule has 0 amide bonds. The first kappa shape index (κ1) is 29.5. The number of fused-ring (bicyclic) bond motifs is 3. The lowest BCUT2D eigenvalue weighted by Gasteiger charge is -2.56. The third kappa shape index (κ3) is 5.84. The minimum absolute atomic E-state index is 0.128. The Morgan fingerprint density at radius 3 is 2.47 bits per heavy atom. The number of rotatable bonds is 10. The molecule has 0 heterocycles. The number of carbonyl (C=O) groups is 1. The van der Waals surface area contributed by atoms with Crippen LogP contribution >= 0.6 is 0 Å². The number of aryl methyl sites for hydroxylation is 1. The van der Waals surface area contributed by atoms with E-state index in [1.165, 1.54) is 37.7 Å². The van der Waals surface area contributed by atoms with Crippen molar-refractivity contribution >= 4 is 15.9 Å². The molecular formula is C33H50O4S. The smallest absolute Gasteiger partial charge is 0.296 e. The number of allylic oxidation sites excluding steroid dienone is 2. The quantitative estimate of drug-likeness (QED) is 0.169. The Hall–Kier alpha value is -1.46. The van der Waals surface area contributed by atoms with Crippen LogP contribution in [0, 0.1) is 47.3 Å². The molecule has 4 rings (SSSR count). The highest BCUT2D eigenvalue weighted by atomic mass is 32.2. The molecule has 7 atom stereocenters. The van der Waals surface area contributed by atoms with Crippen LogP contribution in [-0.4, -0.2) is 20.8 Å². The molecule has 212 valence electrons. The van der Waals surface area contributed by atoms with Crippen LogP contribution in [0.5, 0.6) is 0 Å². The SMILES string of the molecule is CC(C)=CCC[C@@H](C)[C@H]1CC[C@H]2[C@@H]3CCC(=O)[C@](C)(CCCOS(=O)(=O)c4ccc(C)cc4)[C@H]3CC[C@]12C. The molecule has 0 saturated heterocycles. The predicted octanol–water partition coefficient (Wildman–Crippen LogP) is 8.29. The molecule has 3 saturated carbocycles. The summed E-state index contributed by atoms with van der Waals surface area (Å²) >= 11 is 0. The number of benzene rings is 1. The molecule has 1 aromatic rings. The second-order valence-corrected chi connectivity index (χ2v) is 15.1. The van der Waals surface area contributed by atoms with Gasteiger partial charge in [0.25, 0.3) is 10.1 Å². The first-order chi connectivity index (χ1) is 17.9. The predicted molar refractivity (Wildman–Crippen MR) is 154 cm³/mol. The lowest BCUT2D eigenvalue weighted by atomic mass is 9.48. The number of Topliss-reactive ketones (excluding diaryl/α,β-unsaturated/α-hetero) is 1. The van der Waals surface area contributed by atoms with Crippen molar-refractivity contribution in [2.75, 3.05) is 6.61 Å². The molecule has 0 bridgehead atoms. The van der Waals surface area contributed by atoms with Crippen LogP contribution in [0.15, 0.2) is 40.8 Å². The molecule has 3 fully saturated rings. The summed E-state index contributed by atoms with van der Waals surface area (Å²) in [5.74, 6) is 3.64. The Bertz CT molecular complexity index is 1120. The van der Waals surface area contributed by atoms with Gasteiger partial charge in [-0.1, -0.05) is 50.1 Å². The monoisotopic (exact) mass is 542 g/mol. The normalized spacial score (nSPS) is 33.9. The van der Waals surface area contributed by atoms with Gasteiger partial charge in [-0.15, -0.1) is 0 Å². The number of carbonyl (C=O) groups excluding carboxylic acids is 1. The topological polar surface area (TPSA) is 60.4 Å². The van der Waals surface area contributed by atoms with Crippen LogP contribution in [0.1, 0.15) is 104 Å². The van der Waals surface area contributed by atoms with Crippen LogP contribution in [0.2, 0.25) is 0 Å². The zero-order chi connectivity index (χ0) is 27.7. The zero-order valence-corrected chi connectivity index (χ0v) is 25.4. The zero-order valence-electron chi connectivity index (χ0n) is 24.6. The van der Waals surface area contributed by atoms with Gasteiger partial charge >= 0.3 is 0 Å². The van der Waals surface area contributed by atoms with Crippen molar-refractivity contribution < 1.29 is 17.4 Å². The van der Waals surface area contributed by atoms with E-state index in [1.54, 1.807) is 24.3 Å². The van der Waals surface area contributed by atoms with Gasteiger partial charge in [-0.25, -0.2) is 0 Å². The Morgan fingerprint density at radius 2 is 1.79 bits per heavy atom. The first-order valence-corrected chi connectivity index (χ1v) is 16.4. The van der Waals surface area contributed by atoms with Crippen molar-refractivity contribution in [1.29, 1.82) is 0 Å². The second-order valence-electron chi connectivity index (χ2n) is 13.5. The standard InChI is InChI=1S/C33H50O4S/c1-23(2)9-7-10-25(4)28-16-17-29-27-15-18-31(34)33(6,30(27)19-21-32(28,29)5)20-8-22-37-38(35,36)26-13-11-24(3)12-14-26/h9,11-14,25,27-30H,7-8,10,15-22H2,1-6H3/t25-,27+,28-,29+,30+,32-,33-/m1/s1. The maximum Gasteiger partial charge on any atom is 0.296 e. The molecule has 1 aromatic carbocycles. The number of hydrogen-bond donors (Lipinski definition) is 0. The van der Waals surface area contributed by atoms with Gasteiger partial charge in [-0.2, -0.15) is 8.42 Å². The minimum atomic E-state index is -3.77. The highest BCUT2D eigenvalue weighted by molar-refractivity contribution is 7.86. The summed E-state index contributed by atoms with van der Waals surface area (Å²) in [5.41, 5.74) is 2.45. The molecule has 4 nitrogen and oxygen atoms in total. The molecule has 5 heteroatoms. The maximum absolute atomic E-state index is 13.4. The third-order valence-electron chi connectivity index (χ3n) is 10.9. The van der Waals surface area contributed by atoms with E-state index in [1.807, 2.05) is 6.92 Å². The van der Waals surface area contributed by atoms with E-state index in [0.717, 1.165) is 30.2 Å². The molecule has 3 aliphatic rings. The molecule has 0 N–H and O–H groups in total. The van der Waals surface area contributed by atoms with Gasteiger partial charge in [0.15, 0.2) is 0 Å². The summed E-state index contributed by atoms with van der Waals surface area (Å²) in [6.45, 7) is 13.7. The van der Waals surface area contributed by atoms with E-state index in [0.29, 0.717) is 48.2 Å². The highest BCUT2D eigenvalue weighted by Gasteiger charge is 2.59. The Balaban J connectivity index is 1.39. The molecular weight excluding hydrogens is 492 g/mol. The largest absolute Gasteiger partial charge is 0.299 e. The Morgan fingerprint density at radius 1 is 1.08 bits per heavy atom. The van der Waals surface area contributed by atoms with Crippen molar-refractivity contribution in [3.05, 3.63) is 41.5 Å². The molecule has 0 aliphatic heterocycles. The summed E-state index contributed by atoms with van der Waals surface area (Å²) in [6, 6.07) is 6.76. The van der Waals surface area contributed by atoms with Gasteiger partial charge in [0.1, 0.15) is 5.78 Å². The average molecular weight is 543 g/mol. The van der Waals surface area contributed by atoms with Crippen LogP contribution < -0.4 is 0 Å². The molecule has 0 unspecified atom stereocenters. The van der Waals surface area contributed by atoms with Gasteiger partial charge in [-0.3, -0.25) is 8.98 Å². The molecule has 3 aliphatic carbocycles. The number of hydrogen-bond acceptors (Lipinski definition) is 4. The van der Waals surface area contributed by atoms with Crippen LogP contribution in [0.3, 0.4) is 0 Å². The fraction of sp³-hybridized carbons (Fsp3) is 0.727. The van der Waals surface area contributed by atoms with Crippen LogP contribution in [0.25, 0.3) is 0 Å². The molecule has 0 radical (unpaired) electrons. The lowest BCUT2D eigenvalue weighted by molar-refractivity contribution is -0.146. The van der Waals surface area contributed by atoms with Crippen LogP contribution in [-0.2, 0) is 19.1 Å². The minimum Gasteiger partial charge on any atom is -0.299 e. The third-order valence-corrected chi connectivity index (χ3v) is 12.2.